The first kappa shape index (κ1) is 17.8. The van der Waals surface area contributed by atoms with Crippen LogP contribution in [-0.4, -0.2) is 35.6 Å². The molecule has 1 aromatic heterocycles. The number of ether oxygens (including phenoxy) is 1. The highest BCUT2D eigenvalue weighted by molar-refractivity contribution is 6.15. The Morgan fingerprint density at radius 2 is 1.86 bits per heavy atom. The van der Waals surface area contributed by atoms with Crippen molar-refractivity contribution in [1.29, 1.82) is 0 Å². The van der Waals surface area contributed by atoms with E-state index in [-0.39, 0.29) is 11.9 Å². The molecule has 0 aliphatic carbocycles. The van der Waals surface area contributed by atoms with E-state index >= 15 is 0 Å². The van der Waals surface area contributed by atoms with Crippen molar-refractivity contribution in [2.24, 2.45) is 4.99 Å². The quantitative estimate of drug-likeness (QED) is 0.671. The normalized spacial score (nSPS) is 17.7. The minimum Gasteiger partial charge on any atom is -0.382 e. The molecule has 1 amide bonds. The summed E-state index contributed by atoms with van der Waals surface area (Å²) in [5, 5.41) is 5.82. The fourth-order valence-corrected chi connectivity index (χ4v) is 2.99. The van der Waals surface area contributed by atoms with E-state index in [2.05, 4.69) is 25.6 Å². The zero-order chi connectivity index (χ0) is 19.3. The van der Waals surface area contributed by atoms with E-state index in [1.165, 1.54) is 0 Å². The van der Waals surface area contributed by atoms with E-state index in [9.17, 15) is 4.79 Å². The van der Waals surface area contributed by atoms with Crippen molar-refractivity contribution in [3.63, 3.8) is 0 Å². The van der Waals surface area contributed by atoms with Gasteiger partial charge in [0.15, 0.2) is 0 Å². The van der Waals surface area contributed by atoms with E-state index in [1.54, 1.807) is 25.6 Å². The van der Waals surface area contributed by atoms with Crippen molar-refractivity contribution in [2.45, 2.75) is 6.04 Å². The predicted octanol–water partition coefficient (Wildman–Crippen LogP) is 2.43. The lowest BCUT2D eigenvalue weighted by Gasteiger charge is -2.12. The van der Waals surface area contributed by atoms with Crippen LogP contribution in [0.25, 0.3) is 17.1 Å². The summed E-state index contributed by atoms with van der Waals surface area (Å²) in [5.41, 5.74) is 3.86. The van der Waals surface area contributed by atoms with Crippen LogP contribution in [0.1, 0.15) is 17.2 Å². The smallest absolute Gasteiger partial charge is 0.274 e. The van der Waals surface area contributed by atoms with Crippen molar-refractivity contribution in [3.8, 4) is 0 Å². The zero-order valence-corrected chi connectivity index (χ0v) is 15.3. The molecular weight excluding hydrogens is 354 g/mol. The molecule has 3 aromatic rings. The minimum absolute atomic E-state index is 0.218. The van der Waals surface area contributed by atoms with Crippen LogP contribution < -0.4 is 10.6 Å². The number of guanidine groups is 1. The summed E-state index contributed by atoms with van der Waals surface area (Å²) in [5.74, 6) is 0.171. The Morgan fingerprint density at radius 3 is 2.64 bits per heavy atom. The molecule has 0 spiro atoms. The number of aliphatic imine (C=N–C) groups is 1. The highest BCUT2D eigenvalue weighted by atomic mass is 16.5. The molecule has 2 N–H and O–H groups in total. The van der Waals surface area contributed by atoms with Crippen LogP contribution >= 0.6 is 0 Å². The van der Waals surface area contributed by atoms with Crippen molar-refractivity contribution in [1.82, 2.24) is 20.6 Å². The summed E-state index contributed by atoms with van der Waals surface area (Å²) < 4.78 is 5.28. The molecule has 1 fully saturated rings. The van der Waals surface area contributed by atoms with Crippen LogP contribution in [-0.2, 0) is 9.53 Å². The molecule has 1 aliphatic rings. The number of rotatable bonds is 5. The zero-order valence-electron chi connectivity index (χ0n) is 15.3. The van der Waals surface area contributed by atoms with E-state index in [0.717, 1.165) is 22.2 Å². The molecule has 28 heavy (non-hydrogen) atoms. The van der Waals surface area contributed by atoms with Gasteiger partial charge in [-0.25, -0.2) is 4.99 Å². The summed E-state index contributed by atoms with van der Waals surface area (Å²) in [4.78, 5) is 25.5. The molecule has 0 saturated carbocycles. The van der Waals surface area contributed by atoms with Crippen LogP contribution in [0.15, 0.2) is 71.6 Å². The van der Waals surface area contributed by atoms with Gasteiger partial charge in [-0.1, -0.05) is 36.4 Å². The second-order valence-electron chi connectivity index (χ2n) is 6.30. The SMILES string of the molecule is COCC(N=C1NC(=O)/C(=C/c2ccc3nccnc3c2)N1)c1ccccc1. The second kappa shape index (κ2) is 7.98. The van der Waals surface area contributed by atoms with Gasteiger partial charge in [0, 0.05) is 19.5 Å². The molecule has 7 nitrogen and oxygen atoms in total. The van der Waals surface area contributed by atoms with Gasteiger partial charge in [-0.2, -0.15) is 0 Å². The molecule has 1 aliphatic heterocycles. The molecule has 0 bridgehead atoms. The molecule has 7 heteroatoms. The number of nitrogens with one attached hydrogen (secondary N) is 2. The lowest BCUT2D eigenvalue weighted by molar-refractivity contribution is -0.115. The second-order valence-corrected chi connectivity index (χ2v) is 6.30. The van der Waals surface area contributed by atoms with Gasteiger partial charge >= 0.3 is 0 Å². The molecule has 0 radical (unpaired) electrons. The van der Waals surface area contributed by atoms with Crippen molar-refractivity contribution < 1.29 is 9.53 Å². The number of fused-ring (bicyclic) bond motifs is 1. The highest BCUT2D eigenvalue weighted by Gasteiger charge is 2.23. The molecule has 4 rings (SSSR count). The van der Waals surface area contributed by atoms with Gasteiger partial charge in [-0.15, -0.1) is 0 Å². The molecule has 2 heterocycles. The van der Waals surface area contributed by atoms with Gasteiger partial charge in [-0.05, 0) is 29.3 Å². The van der Waals surface area contributed by atoms with Gasteiger partial charge in [0.25, 0.3) is 5.91 Å². The Bertz CT molecular complexity index is 1060. The maximum Gasteiger partial charge on any atom is 0.274 e. The highest BCUT2D eigenvalue weighted by Crippen LogP contribution is 2.19. The lowest BCUT2D eigenvalue weighted by Crippen LogP contribution is -2.26. The van der Waals surface area contributed by atoms with Gasteiger partial charge < -0.3 is 10.1 Å². The van der Waals surface area contributed by atoms with Crippen molar-refractivity contribution in [2.75, 3.05) is 13.7 Å². The fourth-order valence-electron chi connectivity index (χ4n) is 2.99. The number of amides is 1. The first-order chi connectivity index (χ1) is 13.7. The molecule has 1 saturated heterocycles. The number of aromatic nitrogens is 2. The number of carbonyl (C=O) groups excluding carboxylic acids is 1. The molecule has 1 atom stereocenters. The van der Waals surface area contributed by atoms with E-state index in [1.807, 2.05) is 48.5 Å². The number of methoxy groups -OCH3 is 1. The molecule has 140 valence electrons. The van der Waals surface area contributed by atoms with E-state index in [0.29, 0.717) is 18.3 Å². The third-order valence-electron chi connectivity index (χ3n) is 4.33. The average molecular weight is 373 g/mol. The van der Waals surface area contributed by atoms with Crippen LogP contribution in [0, 0.1) is 0 Å². The lowest BCUT2D eigenvalue weighted by atomic mass is 10.1. The Morgan fingerprint density at radius 1 is 1.07 bits per heavy atom. The van der Waals surface area contributed by atoms with Crippen LogP contribution in [0.2, 0.25) is 0 Å². The van der Waals surface area contributed by atoms with E-state index in [4.69, 9.17) is 4.74 Å². The van der Waals surface area contributed by atoms with Crippen LogP contribution in [0.3, 0.4) is 0 Å². The van der Waals surface area contributed by atoms with Crippen LogP contribution in [0.5, 0.6) is 0 Å². The van der Waals surface area contributed by atoms with Gasteiger partial charge in [-0.3, -0.25) is 20.1 Å². The Labute approximate surface area is 162 Å². The fraction of sp³-hybridized carbons (Fsp3) is 0.143. The molecular formula is C21H19N5O2. The van der Waals surface area contributed by atoms with Gasteiger partial charge in [0.2, 0.25) is 5.96 Å². The van der Waals surface area contributed by atoms with Gasteiger partial charge in [0.05, 0.1) is 17.6 Å². The Kier molecular flexibility index (Phi) is 5.07. The van der Waals surface area contributed by atoms with Crippen molar-refractivity contribution >= 4 is 29.0 Å². The largest absolute Gasteiger partial charge is 0.382 e. The monoisotopic (exact) mass is 373 g/mol. The Hall–Kier alpha value is -3.58. The number of hydrogen-bond donors (Lipinski definition) is 2. The van der Waals surface area contributed by atoms with E-state index < -0.39 is 0 Å². The first-order valence-corrected chi connectivity index (χ1v) is 8.85. The summed E-state index contributed by atoms with van der Waals surface area (Å²) >= 11 is 0. The van der Waals surface area contributed by atoms with Crippen LogP contribution in [0.4, 0.5) is 0 Å². The molecule has 2 aromatic carbocycles. The number of carbonyl (C=O) groups is 1. The third-order valence-corrected chi connectivity index (χ3v) is 4.33. The number of benzene rings is 2. The summed E-state index contributed by atoms with van der Waals surface area (Å²) in [6.45, 7) is 0.410. The minimum atomic E-state index is -0.234. The Balaban J connectivity index is 1.58. The summed E-state index contributed by atoms with van der Waals surface area (Å²) in [6.07, 6.45) is 5.06. The summed E-state index contributed by atoms with van der Waals surface area (Å²) in [6, 6.07) is 15.3. The summed E-state index contributed by atoms with van der Waals surface area (Å²) in [7, 11) is 1.63. The van der Waals surface area contributed by atoms with Crippen molar-refractivity contribution in [3.05, 3.63) is 77.7 Å². The average Bonchev–Trinajstić information content (AvgIpc) is 3.07. The third kappa shape index (κ3) is 3.89. The number of hydrogen-bond acceptors (Lipinski definition) is 5. The maximum atomic E-state index is 12.3. The maximum absolute atomic E-state index is 12.3. The molecule has 1 unspecified atom stereocenters. The van der Waals surface area contributed by atoms with Gasteiger partial charge in [0.1, 0.15) is 11.7 Å². The topological polar surface area (TPSA) is 88.5 Å². The standard InChI is InChI=1S/C21H19N5O2/c1-28-13-19(15-5-3-2-4-6-15)25-21-24-18(20(27)26-21)12-14-7-8-16-17(11-14)23-10-9-22-16/h2-12,19H,13H2,1H3,(H2,24,25,26,27)/b18-12-. The first-order valence-electron chi connectivity index (χ1n) is 8.85. The predicted molar refractivity (Wildman–Crippen MR) is 107 cm³/mol. The number of nitrogens with zero attached hydrogens (tertiary/aromatic N) is 3.